The quantitative estimate of drug-likeness (QED) is 0.671. The molecule has 0 aliphatic heterocycles. The largest absolute Gasteiger partial charge is 0.355 e. The molecule has 0 fully saturated rings. The van der Waals surface area contributed by atoms with Gasteiger partial charge in [0.2, 0.25) is 6.33 Å². The Labute approximate surface area is 73.3 Å². The molecule has 0 saturated heterocycles. The van der Waals surface area contributed by atoms with Crippen molar-refractivity contribution in [3.63, 3.8) is 0 Å². The third kappa shape index (κ3) is 2.34. The van der Waals surface area contributed by atoms with Gasteiger partial charge in [-0.2, -0.15) is 0 Å². The molecular weight excluding hydrogens is 152 g/mol. The maximum absolute atomic E-state index is 9.21. The van der Waals surface area contributed by atoms with Gasteiger partial charge < -0.3 is 5.11 Å². The summed E-state index contributed by atoms with van der Waals surface area (Å²) in [6.45, 7) is 4.96. The van der Waals surface area contributed by atoms with Crippen molar-refractivity contribution in [2.24, 2.45) is 0 Å². The summed E-state index contributed by atoms with van der Waals surface area (Å²) in [5.74, 6) is 0. The van der Waals surface area contributed by atoms with E-state index in [1.54, 1.807) is 11.5 Å². The Morgan fingerprint density at radius 1 is 1.58 bits per heavy atom. The van der Waals surface area contributed by atoms with Crippen LogP contribution in [0.1, 0.15) is 32.9 Å². The van der Waals surface area contributed by atoms with Gasteiger partial charge in [0.1, 0.15) is 12.4 Å². The molecular formula is C9H17N2O+. The molecule has 0 radical (unpaired) electrons. The van der Waals surface area contributed by atoms with Gasteiger partial charge in [-0.15, -0.1) is 0 Å². The monoisotopic (exact) mass is 169 g/mol. The maximum atomic E-state index is 9.21. The molecule has 0 spiro atoms. The van der Waals surface area contributed by atoms with E-state index < -0.39 is 6.23 Å². The van der Waals surface area contributed by atoms with Gasteiger partial charge in [0.05, 0.1) is 6.54 Å². The third-order valence-corrected chi connectivity index (χ3v) is 1.91. The Bertz CT molecular complexity index is 230. The number of aryl methyl sites for hydroxylation is 1. The molecule has 1 heterocycles. The molecule has 0 aliphatic carbocycles. The van der Waals surface area contributed by atoms with Crippen LogP contribution in [0.2, 0.25) is 0 Å². The van der Waals surface area contributed by atoms with Gasteiger partial charge in [-0.05, 0) is 6.42 Å². The topological polar surface area (TPSA) is 29.0 Å². The minimum absolute atomic E-state index is 0.423. The lowest BCUT2D eigenvalue weighted by atomic mass is 10.3. The summed E-state index contributed by atoms with van der Waals surface area (Å²) in [4.78, 5) is 0. The van der Waals surface area contributed by atoms with Crippen molar-refractivity contribution in [2.75, 3.05) is 0 Å². The van der Waals surface area contributed by atoms with Crippen molar-refractivity contribution < 1.29 is 9.67 Å². The Morgan fingerprint density at radius 2 is 2.33 bits per heavy atom. The first-order valence-electron chi connectivity index (χ1n) is 4.48. The van der Waals surface area contributed by atoms with Gasteiger partial charge in [-0.3, -0.25) is 0 Å². The van der Waals surface area contributed by atoms with Crippen LogP contribution in [0.5, 0.6) is 0 Å². The molecule has 1 N–H and O–H groups in total. The van der Waals surface area contributed by atoms with E-state index in [2.05, 4.69) is 11.5 Å². The van der Waals surface area contributed by atoms with Crippen molar-refractivity contribution in [1.29, 1.82) is 0 Å². The van der Waals surface area contributed by atoms with Gasteiger partial charge in [-0.25, -0.2) is 9.13 Å². The Hall–Kier alpha value is -0.830. The van der Waals surface area contributed by atoms with E-state index in [-0.39, 0.29) is 0 Å². The number of rotatable bonds is 4. The molecule has 0 saturated carbocycles. The summed E-state index contributed by atoms with van der Waals surface area (Å²) in [6, 6.07) is 0. The third-order valence-electron chi connectivity index (χ3n) is 1.91. The van der Waals surface area contributed by atoms with Gasteiger partial charge >= 0.3 is 0 Å². The molecule has 1 rings (SSSR count). The highest BCUT2D eigenvalue weighted by Crippen LogP contribution is 1.97. The number of hydrogen-bond acceptors (Lipinski definition) is 1. The summed E-state index contributed by atoms with van der Waals surface area (Å²) in [6.07, 6.45) is 7.78. The van der Waals surface area contributed by atoms with Crippen LogP contribution in [0.3, 0.4) is 0 Å². The zero-order valence-corrected chi connectivity index (χ0v) is 7.77. The highest BCUT2D eigenvalue weighted by Gasteiger charge is 2.06. The molecule has 1 unspecified atom stereocenters. The average molecular weight is 169 g/mol. The summed E-state index contributed by atoms with van der Waals surface area (Å²) in [5, 5.41) is 9.21. The van der Waals surface area contributed by atoms with Crippen LogP contribution in [-0.2, 0) is 6.54 Å². The lowest BCUT2D eigenvalue weighted by molar-refractivity contribution is -0.697. The lowest BCUT2D eigenvalue weighted by Crippen LogP contribution is -2.30. The number of imidazole rings is 1. The van der Waals surface area contributed by atoms with Crippen molar-refractivity contribution in [3.8, 4) is 0 Å². The van der Waals surface area contributed by atoms with Crippen LogP contribution in [0.4, 0.5) is 0 Å². The molecule has 0 amide bonds. The molecule has 12 heavy (non-hydrogen) atoms. The van der Waals surface area contributed by atoms with Crippen LogP contribution < -0.4 is 4.57 Å². The zero-order chi connectivity index (χ0) is 8.97. The molecule has 0 bridgehead atoms. The number of aromatic nitrogens is 2. The number of unbranched alkanes of at least 4 members (excludes halogenated alkanes) is 1. The summed E-state index contributed by atoms with van der Waals surface area (Å²) < 4.78 is 3.88. The standard InChI is InChI=1S/C9H17N2O/c1-3-4-5-10-6-7-11(8-10)9(2)12/h6-9,12H,3-5H2,1-2H3/q+1. The second-order valence-electron chi connectivity index (χ2n) is 3.08. The van der Waals surface area contributed by atoms with Gasteiger partial charge in [0.25, 0.3) is 0 Å². The van der Waals surface area contributed by atoms with Crippen LogP contribution in [0, 0.1) is 0 Å². The van der Waals surface area contributed by atoms with Crippen LogP contribution in [-0.4, -0.2) is 9.67 Å². The number of aliphatic hydroxyl groups is 1. The predicted octanol–water partition coefficient (Wildman–Crippen LogP) is 1.09. The fraction of sp³-hybridized carbons (Fsp3) is 0.667. The highest BCUT2D eigenvalue weighted by atomic mass is 16.3. The van der Waals surface area contributed by atoms with Gasteiger partial charge in [0, 0.05) is 6.92 Å². The lowest BCUT2D eigenvalue weighted by Gasteiger charge is -1.96. The Morgan fingerprint density at radius 3 is 2.83 bits per heavy atom. The smallest absolute Gasteiger partial charge is 0.245 e. The molecule has 3 nitrogen and oxygen atoms in total. The first-order chi connectivity index (χ1) is 5.74. The van der Waals surface area contributed by atoms with Crippen LogP contribution in [0.15, 0.2) is 18.7 Å². The number of aliphatic hydroxyl groups excluding tert-OH is 1. The zero-order valence-electron chi connectivity index (χ0n) is 7.77. The fourth-order valence-electron chi connectivity index (χ4n) is 1.10. The number of hydrogen-bond donors (Lipinski definition) is 1. The van der Waals surface area contributed by atoms with Crippen LogP contribution >= 0.6 is 0 Å². The summed E-state index contributed by atoms with van der Waals surface area (Å²) in [7, 11) is 0. The molecule has 3 heteroatoms. The number of nitrogens with zero attached hydrogens (tertiary/aromatic N) is 2. The minimum atomic E-state index is -0.423. The van der Waals surface area contributed by atoms with Gasteiger partial charge in [-0.1, -0.05) is 13.3 Å². The van der Waals surface area contributed by atoms with Gasteiger partial charge in [0.15, 0.2) is 6.23 Å². The van der Waals surface area contributed by atoms with Crippen molar-refractivity contribution in [2.45, 2.75) is 39.5 Å². The average Bonchev–Trinajstić information content (AvgIpc) is 2.48. The fourth-order valence-corrected chi connectivity index (χ4v) is 1.10. The highest BCUT2D eigenvalue weighted by molar-refractivity contribution is 4.67. The molecule has 1 aromatic heterocycles. The molecule has 1 atom stereocenters. The Kier molecular flexibility index (Phi) is 3.29. The summed E-state index contributed by atoms with van der Waals surface area (Å²) >= 11 is 0. The van der Waals surface area contributed by atoms with E-state index in [4.69, 9.17) is 0 Å². The first-order valence-corrected chi connectivity index (χ1v) is 4.48. The van der Waals surface area contributed by atoms with Crippen molar-refractivity contribution in [1.82, 2.24) is 4.57 Å². The van der Waals surface area contributed by atoms with E-state index >= 15 is 0 Å². The molecule has 1 aromatic rings. The first kappa shape index (κ1) is 9.26. The van der Waals surface area contributed by atoms with E-state index in [1.807, 2.05) is 18.7 Å². The SMILES string of the molecule is CCCC[n+]1ccn(C(C)O)c1. The maximum Gasteiger partial charge on any atom is 0.245 e. The van der Waals surface area contributed by atoms with Crippen molar-refractivity contribution >= 4 is 0 Å². The second-order valence-corrected chi connectivity index (χ2v) is 3.08. The molecule has 68 valence electrons. The van der Waals surface area contributed by atoms with E-state index in [1.165, 1.54) is 12.8 Å². The van der Waals surface area contributed by atoms with E-state index in [0.717, 1.165) is 6.54 Å². The second kappa shape index (κ2) is 4.26. The van der Waals surface area contributed by atoms with Crippen LogP contribution in [0.25, 0.3) is 0 Å². The molecule has 0 aromatic carbocycles. The van der Waals surface area contributed by atoms with E-state index in [9.17, 15) is 5.11 Å². The molecule has 0 aliphatic rings. The van der Waals surface area contributed by atoms with E-state index in [0.29, 0.717) is 0 Å². The Balaban J connectivity index is 2.52. The normalized spacial score (nSPS) is 13.2. The minimum Gasteiger partial charge on any atom is -0.355 e. The predicted molar refractivity (Wildman–Crippen MR) is 46.5 cm³/mol. The summed E-state index contributed by atoms with van der Waals surface area (Å²) in [5.41, 5.74) is 0. The van der Waals surface area contributed by atoms with Crippen molar-refractivity contribution in [3.05, 3.63) is 18.7 Å².